The number of hydrogen-bond acceptors (Lipinski definition) is 8. The number of methoxy groups -OCH3 is 1. The zero-order valence-corrected chi connectivity index (χ0v) is 35.9. The van der Waals surface area contributed by atoms with Gasteiger partial charge in [-0.05, 0) is 83.5 Å². The topological polar surface area (TPSA) is 175 Å². The first-order chi connectivity index (χ1) is 30.0. The van der Waals surface area contributed by atoms with E-state index in [1.54, 1.807) is 16.0 Å². The fourth-order valence-corrected chi connectivity index (χ4v) is 8.23. The first kappa shape index (κ1) is 42.0. The number of nitrogens with one attached hydrogen (secondary N) is 4. The molecule has 8 rings (SSSR count). The van der Waals surface area contributed by atoms with E-state index in [0.29, 0.717) is 31.3 Å². The average molecular weight is 839 g/mol. The summed E-state index contributed by atoms with van der Waals surface area (Å²) in [5.41, 5.74) is 7.28. The average Bonchev–Trinajstić information content (AvgIpc) is 3.90. The molecule has 14 heteroatoms. The normalized spacial score (nSPS) is 14.1. The Bertz CT molecular complexity index is 2610. The number of imidazole rings is 2. The monoisotopic (exact) mass is 838 g/mol. The van der Waals surface area contributed by atoms with Crippen LogP contribution in [0.15, 0.2) is 79.0 Å². The maximum absolute atomic E-state index is 14.2. The van der Waals surface area contributed by atoms with Crippen molar-refractivity contribution in [1.82, 2.24) is 40.4 Å². The number of carbonyl (C=O) groups is 4. The van der Waals surface area contributed by atoms with Gasteiger partial charge in [0.05, 0.1) is 43.1 Å². The summed E-state index contributed by atoms with van der Waals surface area (Å²) in [6.45, 7) is 9.75. The number of fused-ring (bicyclic) bond motifs is 6. The van der Waals surface area contributed by atoms with Crippen LogP contribution in [0.25, 0.3) is 44.2 Å². The van der Waals surface area contributed by atoms with E-state index in [2.05, 4.69) is 62.0 Å². The predicted molar refractivity (Wildman–Crippen MR) is 237 cm³/mol. The number of aromatic amines is 2. The van der Waals surface area contributed by atoms with E-state index in [1.807, 2.05) is 64.1 Å². The van der Waals surface area contributed by atoms with Crippen molar-refractivity contribution in [2.75, 3.05) is 20.2 Å². The number of aromatic nitrogens is 4. The van der Waals surface area contributed by atoms with Gasteiger partial charge >= 0.3 is 6.09 Å². The molecule has 1 fully saturated rings. The van der Waals surface area contributed by atoms with Gasteiger partial charge in [-0.2, -0.15) is 0 Å². The molecule has 0 bridgehead atoms. The summed E-state index contributed by atoms with van der Waals surface area (Å²) in [6, 6.07) is 22.5. The summed E-state index contributed by atoms with van der Waals surface area (Å²) in [6.07, 6.45) is 4.34. The van der Waals surface area contributed by atoms with E-state index in [0.717, 1.165) is 86.7 Å². The largest absolute Gasteiger partial charge is 0.488 e. The van der Waals surface area contributed by atoms with Crippen LogP contribution < -0.4 is 15.4 Å². The molecule has 0 radical (unpaired) electrons. The minimum Gasteiger partial charge on any atom is -0.488 e. The third kappa shape index (κ3) is 8.86. The number of rotatable bonds is 16. The van der Waals surface area contributed by atoms with Gasteiger partial charge in [-0.3, -0.25) is 14.4 Å². The molecule has 1 aliphatic heterocycles. The molecule has 1 unspecified atom stereocenters. The van der Waals surface area contributed by atoms with Gasteiger partial charge in [0.2, 0.25) is 17.7 Å². The number of benzene rings is 4. The summed E-state index contributed by atoms with van der Waals surface area (Å²) in [7, 11) is 1.28. The van der Waals surface area contributed by atoms with Crippen LogP contribution >= 0.6 is 0 Å². The molecular formula is C48H54N8O6. The Hall–Kier alpha value is -6.70. The van der Waals surface area contributed by atoms with Crippen LogP contribution in [-0.2, 0) is 38.8 Å². The number of nitrogens with zero attached hydrogens (tertiary/aromatic N) is 4. The SMILES string of the molecule is CCCN(Cc1ncc(-c2ccc3c(c2)COc2cc4c(ccc5nc(CN(CCC)C(=O)[C@H](NC(=O)C6CC6)c6ccccc6)[nH]c54)cc2-3)[nH]1)C(=O)C(NC(=O)OC)C(C)C. The molecule has 0 spiro atoms. The Kier molecular flexibility index (Phi) is 12.3. The van der Waals surface area contributed by atoms with Gasteiger partial charge < -0.3 is 39.9 Å². The third-order valence-electron chi connectivity index (χ3n) is 11.6. The second kappa shape index (κ2) is 18.1. The Balaban J connectivity index is 1.01. The van der Waals surface area contributed by atoms with Gasteiger partial charge in [0.25, 0.3) is 0 Å². The Morgan fingerprint density at radius 1 is 0.855 bits per heavy atom. The van der Waals surface area contributed by atoms with Crippen LogP contribution in [-0.4, -0.2) is 79.8 Å². The van der Waals surface area contributed by atoms with Crippen LogP contribution in [0.1, 0.15) is 82.2 Å². The molecule has 14 nitrogen and oxygen atoms in total. The highest BCUT2D eigenvalue weighted by molar-refractivity contribution is 6.07. The lowest BCUT2D eigenvalue weighted by Crippen LogP contribution is -2.51. The van der Waals surface area contributed by atoms with Crippen LogP contribution in [0.2, 0.25) is 0 Å². The van der Waals surface area contributed by atoms with E-state index in [1.165, 1.54) is 7.11 Å². The van der Waals surface area contributed by atoms with Gasteiger partial charge in [-0.1, -0.05) is 76.2 Å². The summed E-state index contributed by atoms with van der Waals surface area (Å²) in [4.78, 5) is 72.6. The number of carbonyl (C=O) groups excluding carboxylic acids is 4. The van der Waals surface area contributed by atoms with E-state index in [9.17, 15) is 19.2 Å². The van der Waals surface area contributed by atoms with Crippen molar-refractivity contribution >= 4 is 45.6 Å². The van der Waals surface area contributed by atoms with Crippen molar-refractivity contribution in [1.29, 1.82) is 0 Å². The molecule has 4 aromatic carbocycles. The molecular weight excluding hydrogens is 785 g/mol. The van der Waals surface area contributed by atoms with Gasteiger partial charge in [-0.15, -0.1) is 0 Å². The van der Waals surface area contributed by atoms with Crippen LogP contribution in [0.3, 0.4) is 0 Å². The van der Waals surface area contributed by atoms with Crippen LogP contribution in [0.4, 0.5) is 4.79 Å². The molecule has 62 heavy (non-hydrogen) atoms. The molecule has 1 aliphatic carbocycles. The molecule has 0 saturated heterocycles. The van der Waals surface area contributed by atoms with Crippen molar-refractivity contribution in [3.63, 3.8) is 0 Å². The summed E-state index contributed by atoms with van der Waals surface area (Å²) < 4.78 is 11.2. The highest BCUT2D eigenvalue weighted by atomic mass is 16.5. The zero-order chi connectivity index (χ0) is 43.5. The van der Waals surface area contributed by atoms with Crippen LogP contribution in [0.5, 0.6) is 5.75 Å². The molecule has 1 saturated carbocycles. The van der Waals surface area contributed by atoms with E-state index < -0.39 is 18.2 Å². The number of hydrogen-bond donors (Lipinski definition) is 4. The quantitative estimate of drug-likeness (QED) is 0.0764. The fourth-order valence-electron chi connectivity index (χ4n) is 8.23. The minimum atomic E-state index is -0.777. The molecule has 4 N–H and O–H groups in total. The third-order valence-corrected chi connectivity index (χ3v) is 11.6. The minimum absolute atomic E-state index is 0.0223. The number of amides is 4. The van der Waals surface area contributed by atoms with Gasteiger partial charge in [-0.25, -0.2) is 14.8 Å². The second-order valence-electron chi connectivity index (χ2n) is 16.6. The highest BCUT2D eigenvalue weighted by Crippen LogP contribution is 2.42. The van der Waals surface area contributed by atoms with Crippen molar-refractivity contribution in [2.24, 2.45) is 11.8 Å². The standard InChI is InChI=1S/C48H54N8O6/c1-6-19-55(46(58)42(28(3)4)54-48(60)61-5)25-40-49-24-38(51-40)32-15-17-34-33(21-32)27-62-39-23-35-31(22-36(34)39)16-18-37-44(35)52-41(50-37)26-56(20-7-2)47(59)43(29-11-9-8-10-12-29)53-45(57)30-13-14-30/h8-12,15-18,21-24,28,30,42-43H,6-7,13-14,19-20,25-27H2,1-5H3,(H,49,51)(H,50,52)(H,53,57)(H,54,60)/t42?,43-/m1/s1. The summed E-state index contributed by atoms with van der Waals surface area (Å²) in [5.74, 6) is 1.49. The van der Waals surface area contributed by atoms with E-state index >= 15 is 0 Å². The first-order valence-electron chi connectivity index (χ1n) is 21.6. The highest BCUT2D eigenvalue weighted by Gasteiger charge is 2.35. The Morgan fingerprint density at radius 3 is 2.31 bits per heavy atom. The zero-order valence-electron chi connectivity index (χ0n) is 35.9. The molecule has 2 aromatic heterocycles. The van der Waals surface area contributed by atoms with Crippen LogP contribution in [0, 0.1) is 11.8 Å². The lowest BCUT2D eigenvalue weighted by atomic mass is 9.92. The molecule has 2 aliphatic rings. The molecule has 3 heterocycles. The predicted octanol–water partition coefficient (Wildman–Crippen LogP) is 7.79. The molecule has 6 aromatic rings. The van der Waals surface area contributed by atoms with Gasteiger partial charge in [0.1, 0.15) is 36.1 Å². The van der Waals surface area contributed by atoms with Crippen molar-refractivity contribution in [2.45, 2.75) is 85.2 Å². The van der Waals surface area contributed by atoms with E-state index in [-0.39, 0.29) is 42.6 Å². The van der Waals surface area contributed by atoms with Crippen molar-refractivity contribution < 1.29 is 28.7 Å². The molecule has 2 atom stereocenters. The lowest BCUT2D eigenvalue weighted by molar-refractivity contribution is -0.137. The first-order valence-corrected chi connectivity index (χ1v) is 21.6. The summed E-state index contributed by atoms with van der Waals surface area (Å²) in [5, 5.41) is 7.71. The Morgan fingerprint density at radius 2 is 1.60 bits per heavy atom. The Labute approximate surface area is 360 Å². The maximum Gasteiger partial charge on any atom is 0.407 e. The number of alkyl carbamates (subject to hydrolysis) is 1. The number of H-pyrrole nitrogens is 2. The molecule has 4 amide bonds. The van der Waals surface area contributed by atoms with Crippen molar-refractivity contribution in [3.05, 3.63) is 102 Å². The second-order valence-corrected chi connectivity index (χ2v) is 16.6. The maximum atomic E-state index is 14.2. The fraction of sp³-hybridized carbons (Fsp3) is 0.375. The lowest BCUT2D eigenvalue weighted by Gasteiger charge is -2.28. The smallest absolute Gasteiger partial charge is 0.407 e. The van der Waals surface area contributed by atoms with Gasteiger partial charge in [0, 0.05) is 30.0 Å². The van der Waals surface area contributed by atoms with Gasteiger partial charge in [0.15, 0.2) is 0 Å². The number of ether oxygens (including phenoxy) is 2. The molecule has 322 valence electrons. The summed E-state index contributed by atoms with van der Waals surface area (Å²) >= 11 is 0. The van der Waals surface area contributed by atoms with E-state index in [4.69, 9.17) is 14.5 Å². The van der Waals surface area contributed by atoms with Crippen molar-refractivity contribution in [3.8, 4) is 28.1 Å².